The van der Waals surface area contributed by atoms with E-state index >= 15 is 0 Å². The van der Waals surface area contributed by atoms with E-state index in [0.717, 1.165) is 11.3 Å². The number of carbonyl (C=O) groups is 3. The van der Waals surface area contributed by atoms with Crippen molar-refractivity contribution >= 4 is 40.4 Å². The van der Waals surface area contributed by atoms with Gasteiger partial charge in [-0.15, -0.1) is 0 Å². The fraction of sp³-hybridized carbons (Fsp3) is 0.250. The van der Waals surface area contributed by atoms with Crippen LogP contribution in [-0.2, 0) is 19.1 Å². The van der Waals surface area contributed by atoms with Crippen LogP contribution in [0.5, 0.6) is 11.5 Å². The van der Waals surface area contributed by atoms with Gasteiger partial charge in [-0.05, 0) is 37.6 Å². The quantitative estimate of drug-likeness (QED) is 0.355. The number of hydrogen-bond donors (Lipinski definition) is 0. The van der Waals surface area contributed by atoms with Gasteiger partial charge in [-0.3, -0.25) is 19.0 Å². The standard InChI is InChI=1S/C28H25N3O7S/c1-6-37-27(35)21-14(2)29-28-31(23(21)16-11-12-19(38-15(3)32)20(13-16)36-5)26(34)24(39-28)22-17-9-7-8-10-18(17)30(4)25(22)33/h7-13,23H,6H2,1-5H3/t23-/m0/s1. The number of rotatable bonds is 5. The molecule has 1 atom stereocenters. The second-order valence-electron chi connectivity index (χ2n) is 8.88. The first kappa shape index (κ1) is 26.1. The molecule has 3 aromatic rings. The maximum absolute atomic E-state index is 14.1. The van der Waals surface area contributed by atoms with Crippen LogP contribution >= 0.6 is 11.3 Å². The van der Waals surface area contributed by atoms with Crippen LogP contribution in [0.15, 0.2) is 63.5 Å². The number of carbonyl (C=O) groups excluding carboxylic acids is 3. The number of allylic oxidation sites excluding steroid dienone is 1. The monoisotopic (exact) mass is 547 g/mol. The molecule has 0 aliphatic carbocycles. The molecule has 0 N–H and O–H groups in total. The molecule has 0 saturated heterocycles. The summed E-state index contributed by atoms with van der Waals surface area (Å²) in [5.41, 5.74) is 2.25. The highest BCUT2D eigenvalue weighted by Gasteiger charge is 2.36. The van der Waals surface area contributed by atoms with E-state index in [2.05, 4.69) is 4.99 Å². The van der Waals surface area contributed by atoms with Crippen molar-refractivity contribution in [1.82, 2.24) is 4.57 Å². The summed E-state index contributed by atoms with van der Waals surface area (Å²) >= 11 is 1.09. The topological polar surface area (TPSA) is 117 Å². The predicted octanol–water partition coefficient (Wildman–Crippen LogP) is 2.08. The molecule has 0 unspecified atom stereocenters. The molecule has 10 nitrogen and oxygen atoms in total. The molecule has 0 fully saturated rings. The smallest absolute Gasteiger partial charge is 0.338 e. The van der Waals surface area contributed by atoms with Gasteiger partial charge in [0.05, 0.1) is 42.3 Å². The lowest BCUT2D eigenvalue weighted by Gasteiger charge is -2.25. The normalized spacial score (nSPS) is 17.4. The van der Waals surface area contributed by atoms with Gasteiger partial charge in [0.25, 0.3) is 11.5 Å². The van der Waals surface area contributed by atoms with Crippen LogP contribution in [0.1, 0.15) is 37.9 Å². The molecule has 2 aromatic carbocycles. The molecule has 39 heavy (non-hydrogen) atoms. The molecular weight excluding hydrogens is 522 g/mol. The fourth-order valence-electron chi connectivity index (χ4n) is 4.84. The maximum Gasteiger partial charge on any atom is 0.338 e. The fourth-order valence-corrected chi connectivity index (χ4v) is 5.98. The van der Waals surface area contributed by atoms with Crippen LogP contribution in [-0.4, -0.2) is 43.2 Å². The number of aromatic nitrogens is 1. The van der Waals surface area contributed by atoms with Crippen molar-refractivity contribution in [2.24, 2.45) is 4.99 Å². The summed E-state index contributed by atoms with van der Waals surface area (Å²) in [6.45, 7) is 4.77. The Morgan fingerprint density at radius 3 is 2.54 bits per heavy atom. The highest BCUT2D eigenvalue weighted by atomic mass is 32.1. The summed E-state index contributed by atoms with van der Waals surface area (Å²) in [5.74, 6) is -1.01. The molecule has 0 saturated carbocycles. The van der Waals surface area contributed by atoms with E-state index in [1.54, 1.807) is 39.1 Å². The van der Waals surface area contributed by atoms with Gasteiger partial charge in [0, 0.05) is 19.5 Å². The van der Waals surface area contributed by atoms with Gasteiger partial charge < -0.3 is 19.1 Å². The molecule has 2 aliphatic heterocycles. The van der Waals surface area contributed by atoms with E-state index in [9.17, 15) is 19.2 Å². The number of likely N-dealkylation sites (N-methyl/N-ethyl adjacent to an activating group) is 1. The highest BCUT2D eigenvalue weighted by Crippen LogP contribution is 2.37. The average molecular weight is 548 g/mol. The minimum absolute atomic E-state index is 0.128. The molecule has 0 radical (unpaired) electrons. The largest absolute Gasteiger partial charge is 0.493 e. The van der Waals surface area contributed by atoms with Gasteiger partial charge in [-0.1, -0.05) is 35.6 Å². The molecular formula is C28H25N3O7S. The summed E-state index contributed by atoms with van der Waals surface area (Å²) in [6, 6.07) is 11.1. The van der Waals surface area contributed by atoms with Gasteiger partial charge in [0.15, 0.2) is 16.3 Å². The van der Waals surface area contributed by atoms with E-state index in [0.29, 0.717) is 27.3 Å². The van der Waals surface area contributed by atoms with Crippen LogP contribution in [0.3, 0.4) is 0 Å². The van der Waals surface area contributed by atoms with Crippen LogP contribution in [0.2, 0.25) is 0 Å². The third-order valence-electron chi connectivity index (χ3n) is 6.53. The molecule has 11 heteroatoms. The Hall–Kier alpha value is -4.51. The van der Waals surface area contributed by atoms with Crippen molar-refractivity contribution in [3.05, 3.63) is 84.5 Å². The zero-order valence-electron chi connectivity index (χ0n) is 21.9. The van der Waals surface area contributed by atoms with E-state index in [1.165, 1.54) is 29.6 Å². The van der Waals surface area contributed by atoms with Crippen molar-refractivity contribution in [1.29, 1.82) is 0 Å². The number of fused-ring (bicyclic) bond motifs is 2. The van der Waals surface area contributed by atoms with Gasteiger partial charge in [-0.25, -0.2) is 9.79 Å². The molecule has 0 bridgehead atoms. The number of ether oxygens (including phenoxy) is 3. The van der Waals surface area contributed by atoms with Crippen molar-refractivity contribution in [2.45, 2.75) is 26.8 Å². The molecule has 1 aromatic heterocycles. The first-order valence-corrected chi connectivity index (χ1v) is 13.0. The number of anilines is 1. The maximum atomic E-state index is 14.1. The van der Waals surface area contributed by atoms with Crippen LogP contribution in [0.4, 0.5) is 5.69 Å². The van der Waals surface area contributed by atoms with Gasteiger partial charge >= 0.3 is 11.9 Å². The van der Waals surface area contributed by atoms with Crippen molar-refractivity contribution in [3.8, 4) is 11.5 Å². The number of nitrogens with zero attached hydrogens (tertiary/aromatic N) is 3. The third-order valence-corrected chi connectivity index (χ3v) is 7.58. The molecule has 5 rings (SSSR count). The summed E-state index contributed by atoms with van der Waals surface area (Å²) in [6.07, 6.45) is 0. The SMILES string of the molecule is CCOC(=O)C1=C(C)N=c2sc(=C3C(=O)N(C)c4ccccc43)c(=O)n2[C@H]1c1ccc(OC(C)=O)c(OC)c1. The lowest BCUT2D eigenvalue weighted by molar-refractivity contribution is -0.139. The molecule has 200 valence electrons. The van der Waals surface area contributed by atoms with E-state index in [-0.39, 0.29) is 39.7 Å². The number of methoxy groups -OCH3 is 1. The van der Waals surface area contributed by atoms with E-state index in [4.69, 9.17) is 14.2 Å². The summed E-state index contributed by atoms with van der Waals surface area (Å²) in [5, 5.41) is 0. The predicted molar refractivity (Wildman–Crippen MR) is 143 cm³/mol. The number of esters is 2. The first-order valence-electron chi connectivity index (χ1n) is 12.1. The van der Waals surface area contributed by atoms with Crippen molar-refractivity contribution in [3.63, 3.8) is 0 Å². The molecule has 3 heterocycles. The van der Waals surface area contributed by atoms with Crippen molar-refractivity contribution < 1.29 is 28.6 Å². The number of para-hydroxylation sites is 1. The second kappa shape index (κ2) is 9.99. The Morgan fingerprint density at radius 1 is 1.10 bits per heavy atom. The van der Waals surface area contributed by atoms with Crippen molar-refractivity contribution in [2.75, 3.05) is 25.7 Å². The van der Waals surface area contributed by atoms with Crippen LogP contribution in [0, 0.1) is 0 Å². The lowest BCUT2D eigenvalue weighted by atomic mass is 9.95. The third kappa shape index (κ3) is 4.24. The number of thiazole rings is 1. The minimum Gasteiger partial charge on any atom is -0.493 e. The Labute approximate surface area is 227 Å². The van der Waals surface area contributed by atoms with Gasteiger partial charge in [0.2, 0.25) is 0 Å². The lowest BCUT2D eigenvalue weighted by Crippen LogP contribution is -2.40. The average Bonchev–Trinajstić information content (AvgIpc) is 3.35. The van der Waals surface area contributed by atoms with Crippen LogP contribution < -0.4 is 29.3 Å². The zero-order chi connectivity index (χ0) is 28.0. The first-order chi connectivity index (χ1) is 18.7. The van der Waals surface area contributed by atoms with E-state index < -0.39 is 23.5 Å². The Balaban J connectivity index is 1.80. The number of hydrogen-bond acceptors (Lipinski definition) is 9. The van der Waals surface area contributed by atoms with E-state index in [1.807, 2.05) is 18.2 Å². The Morgan fingerprint density at radius 2 is 1.85 bits per heavy atom. The zero-order valence-corrected chi connectivity index (χ0v) is 22.8. The summed E-state index contributed by atoms with van der Waals surface area (Å²) in [7, 11) is 3.08. The number of amides is 1. The molecule has 2 aliphatic rings. The summed E-state index contributed by atoms with van der Waals surface area (Å²) in [4.78, 5) is 58.5. The Bertz CT molecular complexity index is 1770. The minimum atomic E-state index is -0.931. The second-order valence-corrected chi connectivity index (χ2v) is 9.86. The van der Waals surface area contributed by atoms with Gasteiger partial charge in [0.1, 0.15) is 4.53 Å². The highest BCUT2D eigenvalue weighted by molar-refractivity contribution is 7.07. The van der Waals surface area contributed by atoms with Gasteiger partial charge in [-0.2, -0.15) is 0 Å². The Kier molecular flexibility index (Phi) is 6.69. The molecule has 1 amide bonds. The molecule has 0 spiro atoms. The number of benzene rings is 2. The summed E-state index contributed by atoms with van der Waals surface area (Å²) < 4.78 is 17.6. The van der Waals surface area contributed by atoms with Crippen LogP contribution in [0.25, 0.3) is 5.57 Å².